The minimum Gasteiger partial charge on any atom is -0.333 e. The SMILES string of the molecule is Cc1c(S(=O)(=O)Nc2ccc(-c3ccncc3)cc2C(F)(F)F)n(C)c2ccc(F)cc12. The van der Waals surface area contributed by atoms with Gasteiger partial charge in [0.1, 0.15) is 5.82 Å². The number of nitrogens with zero attached hydrogens (tertiary/aromatic N) is 2. The second-order valence-electron chi connectivity index (χ2n) is 7.25. The van der Waals surface area contributed by atoms with Crippen molar-refractivity contribution in [3.05, 3.63) is 77.9 Å². The standard InChI is InChI=1S/C22H17F4N3O2S/c1-13-17-12-16(23)4-6-20(17)29(2)21(13)32(30,31)28-19-5-3-15(11-18(19)22(24,25)26)14-7-9-27-10-8-14/h3-12,28H,1-2H3. The number of hydrogen-bond donors (Lipinski definition) is 1. The minimum absolute atomic E-state index is 0.233. The lowest BCUT2D eigenvalue weighted by Crippen LogP contribution is -2.20. The second kappa shape index (κ2) is 7.63. The zero-order chi connectivity index (χ0) is 23.3. The van der Waals surface area contributed by atoms with Crippen LogP contribution in [0.2, 0.25) is 0 Å². The average molecular weight is 463 g/mol. The van der Waals surface area contributed by atoms with Crippen LogP contribution in [0.15, 0.2) is 66.0 Å². The lowest BCUT2D eigenvalue weighted by atomic mass is 10.0. The molecule has 0 radical (unpaired) electrons. The monoisotopic (exact) mass is 463 g/mol. The molecule has 0 bridgehead atoms. The first-order valence-corrected chi connectivity index (χ1v) is 10.9. The Hall–Kier alpha value is -3.40. The number of fused-ring (bicyclic) bond motifs is 1. The van der Waals surface area contributed by atoms with Crippen molar-refractivity contribution in [3.8, 4) is 11.1 Å². The molecule has 0 aliphatic heterocycles. The summed E-state index contributed by atoms with van der Waals surface area (Å²) >= 11 is 0. The molecule has 10 heteroatoms. The van der Waals surface area contributed by atoms with E-state index in [1.807, 2.05) is 0 Å². The van der Waals surface area contributed by atoms with Gasteiger partial charge in [0.05, 0.1) is 11.3 Å². The summed E-state index contributed by atoms with van der Waals surface area (Å²) in [5.41, 5.74) is -0.292. The first-order chi connectivity index (χ1) is 15.0. The van der Waals surface area contributed by atoms with Crippen LogP contribution in [0.5, 0.6) is 0 Å². The predicted molar refractivity (Wildman–Crippen MR) is 113 cm³/mol. The van der Waals surface area contributed by atoms with Crippen molar-refractivity contribution in [2.45, 2.75) is 18.1 Å². The van der Waals surface area contributed by atoms with Crippen LogP contribution in [0.4, 0.5) is 23.2 Å². The fourth-order valence-corrected chi connectivity index (χ4v) is 5.28. The Morgan fingerprint density at radius 2 is 1.66 bits per heavy atom. The second-order valence-corrected chi connectivity index (χ2v) is 8.85. The Morgan fingerprint density at radius 3 is 2.31 bits per heavy atom. The maximum absolute atomic E-state index is 13.8. The van der Waals surface area contributed by atoms with Crippen molar-refractivity contribution in [2.75, 3.05) is 4.72 Å². The summed E-state index contributed by atoms with van der Waals surface area (Å²) in [6.45, 7) is 1.48. The highest BCUT2D eigenvalue weighted by Crippen LogP contribution is 2.39. The molecule has 0 aliphatic rings. The molecule has 5 nitrogen and oxygen atoms in total. The normalized spacial score (nSPS) is 12.3. The Balaban J connectivity index is 1.83. The molecule has 4 rings (SSSR count). The van der Waals surface area contributed by atoms with Gasteiger partial charge < -0.3 is 4.57 Å². The third kappa shape index (κ3) is 3.81. The Morgan fingerprint density at radius 1 is 0.969 bits per heavy atom. The highest BCUT2D eigenvalue weighted by Gasteiger charge is 2.36. The molecule has 0 spiro atoms. The number of pyridine rings is 1. The van der Waals surface area contributed by atoms with Gasteiger partial charge >= 0.3 is 6.18 Å². The van der Waals surface area contributed by atoms with E-state index in [0.717, 1.165) is 12.1 Å². The van der Waals surface area contributed by atoms with Crippen LogP contribution < -0.4 is 4.72 Å². The number of benzene rings is 2. The van der Waals surface area contributed by atoms with Crippen molar-refractivity contribution >= 4 is 26.6 Å². The van der Waals surface area contributed by atoms with E-state index in [1.54, 1.807) is 12.1 Å². The summed E-state index contributed by atoms with van der Waals surface area (Å²) < 4.78 is 84.7. The lowest BCUT2D eigenvalue weighted by Gasteiger charge is -2.17. The molecular weight excluding hydrogens is 446 g/mol. The third-order valence-corrected chi connectivity index (χ3v) is 6.76. The van der Waals surface area contributed by atoms with E-state index >= 15 is 0 Å². The summed E-state index contributed by atoms with van der Waals surface area (Å²) in [6, 6.07) is 10.3. The van der Waals surface area contributed by atoms with Gasteiger partial charge in [-0.15, -0.1) is 0 Å². The van der Waals surface area contributed by atoms with Crippen molar-refractivity contribution in [1.82, 2.24) is 9.55 Å². The van der Waals surface area contributed by atoms with Crippen LogP contribution in [0, 0.1) is 12.7 Å². The van der Waals surface area contributed by atoms with Gasteiger partial charge in [-0.2, -0.15) is 21.6 Å². The number of alkyl halides is 3. The van der Waals surface area contributed by atoms with Crippen LogP contribution in [-0.4, -0.2) is 18.0 Å². The number of nitrogens with one attached hydrogen (secondary N) is 1. The number of rotatable bonds is 4. The van der Waals surface area contributed by atoms with Crippen LogP contribution in [-0.2, 0) is 23.2 Å². The van der Waals surface area contributed by atoms with Crippen LogP contribution in [0.3, 0.4) is 0 Å². The maximum atomic E-state index is 13.8. The molecule has 4 aromatic rings. The average Bonchev–Trinajstić information content (AvgIpc) is 2.98. The number of halogens is 4. The highest BCUT2D eigenvalue weighted by atomic mass is 32.2. The molecular formula is C22H17F4N3O2S. The molecule has 0 aliphatic carbocycles. The van der Waals surface area contributed by atoms with E-state index in [1.165, 1.54) is 55.2 Å². The van der Waals surface area contributed by atoms with Gasteiger partial charge in [-0.25, -0.2) is 4.39 Å². The van der Waals surface area contributed by atoms with Crippen LogP contribution in [0.25, 0.3) is 22.0 Å². The molecule has 0 saturated carbocycles. The molecule has 0 amide bonds. The number of anilines is 1. The van der Waals surface area contributed by atoms with Crippen LogP contribution in [0.1, 0.15) is 11.1 Å². The smallest absolute Gasteiger partial charge is 0.333 e. The fourth-order valence-electron chi connectivity index (χ4n) is 3.74. The highest BCUT2D eigenvalue weighted by molar-refractivity contribution is 7.92. The van der Waals surface area contributed by atoms with E-state index in [0.29, 0.717) is 16.5 Å². The molecule has 0 saturated heterocycles. The molecule has 2 aromatic carbocycles. The van der Waals surface area contributed by atoms with Crippen molar-refractivity contribution in [1.29, 1.82) is 0 Å². The lowest BCUT2D eigenvalue weighted by molar-refractivity contribution is -0.136. The molecule has 2 heterocycles. The molecule has 0 atom stereocenters. The molecule has 0 fully saturated rings. The molecule has 2 aromatic heterocycles. The fraction of sp³-hybridized carbons (Fsp3) is 0.136. The molecule has 32 heavy (non-hydrogen) atoms. The Labute approximate surface area is 181 Å². The number of sulfonamides is 1. The topological polar surface area (TPSA) is 64.0 Å². The zero-order valence-corrected chi connectivity index (χ0v) is 17.7. The summed E-state index contributed by atoms with van der Waals surface area (Å²) in [7, 11) is -2.97. The summed E-state index contributed by atoms with van der Waals surface area (Å²) in [4.78, 5) is 3.84. The van der Waals surface area contributed by atoms with Gasteiger partial charge in [-0.1, -0.05) is 6.07 Å². The summed E-state index contributed by atoms with van der Waals surface area (Å²) in [5.74, 6) is -0.547. The summed E-state index contributed by atoms with van der Waals surface area (Å²) in [5, 5.41) is 0.112. The van der Waals surface area contributed by atoms with Crippen molar-refractivity contribution < 1.29 is 26.0 Å². The number of aryl methyl sites for hydroxylation is 2. The maximum Gasteiger partial charge on any atom is 0.418 e. The van der Waals surface area contributed by atoms with E-state index in [4.69, 9.17) is 0 Å². The van der Waals surface area contributed by atoms with E-state index in [-0.39, 0.29) is 16.2 Å². The first kappa shape index (κ1) is 21.8. The first-order valence-electron chi connectivity index (χ1n) is 9.38. The van der Waals surface area contributed by atoms with Gasteiger partial charge in [-0.05, 0) is 66.1 Å². The molecule has 0 unspecified atom stereocenters. The zero-order valence-electron chi connectivity index (χ0n) is 16.9. The van der Waals surface area contributed by atoms with Gasteiger partial charge in [0.15, 0.2) is 5.03 Å². The summed E-state index contributed by atoms with van der Waals surface area (Å²) in [6.07, 6.45) is -1.91. The minimum atomic E-state index is -4.81. The van der Waals surface area contributed by atoms with E-state index < -0.39 is 33.3 Å². The van der Waals surface area contributed by atoms with Gasteiger partial charge in [0, 0.05) is 30.3 Å². The van der Waals surface area contributed by atoms with Crippen molar-refractivity contribution in [3.63, 3.8) is 0 Å². The van der Waals surface area contributed by atoms with Gasteiger partial charge in [0.2, 0.25) is 0 Å². The van der Waals surface area contributed by atoms with Gasteiger partial charge in [0.25, 0.3) is 10.0 Å². The Kier molecular flexibility index (Phi) is 5.20. The molecule has 1 N–H and O–H groups in total. The van der Waals surface area contributed by atoms with Crippen molar-refractivity contribution in [2.24, 2.45) is 7.05 Å². The number of hydrogen-bond acceptors (Lipinski definition) is 3. The number of aromatic nitrogens is 2. The largest absolute Gasteiger partial charge is 0.418 e. The quantitative estimate of drug-likeness (QED) is 0.406. The van der Waals surface area contributed by atoms with E-state index in [9.17, 15) is 26.0 Å². The Bertz CT molecular complexity index is 1430. The van der Waals surface area contributed by atoms with E-state index in [2.05, 4.69) is 9.71 Å². The molecule has 166 valence electrons. The van der Waals surface area contributed by atoms with Gasteiger partial charge in [-0.3, -0.25) is 9.71 Å². The third-order valence-electron chi connectivity index (χ3n) is 5.19. The van der Waals surface area contributed by atoms with Crippen LogP contribution >= 0.6 is 0 Å². The predicted octanol–water partition coefficient (Wildman–Crippen LogP) is 5.51.